The van der Waals surface area contributed by atoms with Gasteiger partial charge in [-0.2, -0.15) is 5.10 Å². The zero-order valence-corrected chi connectivity index (χ0v) is 21.3. The number of benzene rings is 1. The van der Waals surface area contributed by atoms with Crippen LogP contribution in [0.25, 0.3) is 5.52 Å². The lowest BCUT2D eigenvalue weighted by Crippen LogP contribution is -2.34. The molecule has 5 heterocycles. The largest absolute Gasteiger partial charge is 0.394 e. The molecule has 37 heavy (non-hydrogen) atoms. The molecular formula is C28H35N7O2. The Morgan fingerprint density at radius 1 is 1.19 bits per heavy atom. The van der Waals surface area contributed by atoms with Gasteiger partial charge in [0.05, 0.1) is 12.6 Å². The molecule has 3 aliphatic heterocycles. The van der Waals surface area contributed by atoms with Crippen molar-refractivity contribution >= 4 is 17.2 Å². The summed E-state index contributed by atoms with van der Waals surface area (Å²) < 4.78 is 1.84. The van der Waals surface area contributed by atoms with Gasteiger partial charge in [0, 0.05) is 58.1 Å². The summed E-state index contributed by atoms with van der Waals surface area (Å²) in [5, 5.41) is 17.9. The molecule has 0 bridgehead atoms. The van der Waals surface area contributed by atoms with Crippen LogP contribution in [0.3, 0.4) is 0 Å². The smallest absolute Gasteiger partial charge is 0.246 e. The number of aliphatic hydroxyl groups is 1. The summed E-state index contributed by atoms with van der Waals surface area (Å²) in [6, 6.07) is 9.60. The van der Waals surface area contributed by atoms with Crippen LogP contribution in [0.15, 0.2) is 55.0 Å². The number of aliphatic hydroxyl groups excluding tert-OH is 1. The number of amides is 1. The molecule has 0 saturated carbocycles. The van der Waals surface area contributed by atoms with Gasteiger partial charge in [-0.05, 0) is 42.0 Å². The van der Waals surface area contributed by atoms with Crippen LogP contribution in [0.2, 0.25) is 0 Å². The summed E-state index contributed by atoms with van der Waals surface area (Å²) in [5.74, 6) is 2.32. The Kier molecular flexibility index (Phi) is 6.67. The van der Waals surface area contributed by atoms with Crippen LogP contribution in [-0.4, -0.2) is 93.2 Å². The molecule has 2 N–H and O–H groups in total. The molecule has 2 fully saturated rings. The number of carbonyl (C=O) groups is 1. The van der Waals surface area contributed by atoms with Crippen LogP contribution in [0, 0.1) is 11.8 Å². The van der Waals surface area contributed by atoms with Gasteiger partial charge in [0.15, 0.2) is 5.82 Å². The standard InChI is InChI=1S/C28H35N7O2/c1-32-12-21-14-33(15-22(21)13-32)10-5-8-26(37)34-11-9-24-23(16-34)17-35-27(24)28(29-19-30-35)31-25(18-36)20-6-3-2-4-7-20/h2-8,17,19,21-22,25,36H,9-16,18H2,1H3,(H,29,30,31)/b8-5+/t21?,22?,25-/m1/s1. The third-order valence-electron chi connectivity index (χ3n) is 8.14. The molecule has 3 aliphatic rings. The van der Waals surface area contributed by atoms with Gasteiger partial charge in [0.2, 0.25) is 5.91 Å². The van der Waals surface area contributed by atoms with Crippen molar-refractivity contribution in [3.05, 3.63) is 71.7 Å². The fourth-order valence-corrected chi connectivity index (χ4v) is 6.33. The Morgan fingerprint density at radius 2 is 1.97 bits per heavy atom. The summed E-state index contributed by atoms with van der Waals surface area (Å²) in [6.07, 6.45) is 8.05. The van der Waals surface area contributed by atoms with Crippen molar-refractivity contribution in [3.63, 3.8) is 0 Å². The number of aromatic nitrogens is 3. The van der Waals surface area contributed by atoms with Gasteiger partial charge in [-0.1, -0.05) is 36.4 Å². The zero-order chi connectivity index (χ0) is 25.4. The molecule has 2 unspecified atom stereocenters. The van der Waals surface area contributed by atoms with Crippen molar-refractivity contribution in [2.45, 2.75) is 19.0 Å². The molecule has 6 rings (SSSR count). The number of hydrogen-bond donors (Lipinski definition) is 2. The van der Waals surface area contributed by atoms with Crippen LogP contribution in [-0.2, 0) is 17.8 Å². The number of nitrogens with zero attached hydrogens (tertiary/aromatic N) is 6. The summed E-state index contributed by atoms with van der Waals surface area (Å²) in [7, 11) is 2.21. The molecule has 1 aromatic carbocycles. The fourth-order valence-electron chi connectivity index (χ4n) is 6.33. The molecule has 194 valence electrons. The lowest BCUT2D eigenvalue weighted by atomic mass is 10.0. The summed E-state index contributed by atoms with van der Waals surface area (Å²) in [4.78, 5) is 24.3. The van der Waals surface area contributed by atoms with Gasteiger partial charge in [-0.3, -0.25) is 9.69 Å². The van der Waals surface area contributed by atoms with Crippen LogP contribution < -0.4 is 5.32 Å². The van der Waals surface area contributed by atoms with Gasteiger partial charge in [0.25, 0.3) is 0 Å². The average molecular weight is 502 g/mol. The molecule has 0 aliphatic carbocycles. The Morgan fingerprint density at radius 3 is 2.73 bits per heavy atom. The first-order valence-electron chi connectivity index (χ1n) is 13.2. The monoisotopic (exact) mass is 501 g/mol. The Hall–Kier alpha value is -3.27. The van der Waals surface area contributed by atoms with E-state index in [1.807, 2.05) is 52.0 Å². The van der Waals surface area contributed by atoms with E-state index in [2.05, 4.69) is 32.2 Å². The Bertz CT molecular complexity index is 1280. The second-order valence-corrected chi connectivity index (χ2v) is 10.7. The molecule has 9 nitrogen and oxygen atoms in total. The number of hydrogen-bond acceptors (Lipinski definition) is 7. The maximum absolute atomic E-state index is 13.0. The lowest BCUT2D eigenvalue weighted by Gasteiger charge is -2.26. The predicted molar refractivity (Wildman–Crippen MR) is 142 cm³/mol. The topological polar surface area (TPSA) is 89.2 Å². The highest BCUT2D eigenvalue weighted by Gasteiger charge is 2.38. The van der Waals surface area contributed by atoms with E-state index in [4.69, 9.17) is 0 Å². The average Bonchev–Trinajstić information content (AvgIpc) is 3.57. The number of rotatable bonds is 7. The highest BCUT2D eigenvalue weighted by atomic mass is 16.3. The molecule has 3 aromatic rings. The molecule has 3 atom stereocenters. The Balaban J connectivity index is 1.12. The minimum Gasteiger partial charge on any atom is -0.394 e. The van der Waals surface area contributed by atoms with E-state index in [-0.39, 0.29) is 18.6 Å². The van der Waals surface area contributed by atoms with E-state index in [0.717, 1.165) is 60.1 Å². The van der Waals surface area contributed by atoms with E-state index in [9.17, 15) is 9.90 Å². The van der Waals surface area contributed by atoms with E-state index >= 15 is 0 Å². The van der Waals surface area contributed by atoms with Crippen molar-refractivity contribution < 1.29 is 9.90 Å². The van der Waals surface area contributed by atoms with Gasteiger partial charge < -0.3 is 20.2 Å². The van der Waals surface area contributed by atoms with Crippen molar-refractivity contribution in [2.75, 3.05) is 58.2 Å². The molecule has 0 spiro atoms. The molecular weight excluding hydrogens is 466 g/mol. The second kappa shape index (κ2) is 10.2. The first kappa shape index (κ1) is 24.1. The highest BCUT2D eigenvalue weighted by molar-refractivity contribution is 5.88. The van der Waals surface area contributed by atoms with E-state index in [1.165, 1.54) is 19.4 Å². The van der Waals surface area contributed by atoms with E-state index < -0.39 is 0 Å². The quantitative estimate of drug-likeness (QED) is 0.478. The maximum atomic E-state index is 13.0. The molecule has 2 saturated heterocycles. The van der Waals surface area contributed by atoms with Crippen LogP contribution in [0.1, 0.15) is 22.7 Å². The Labute approximate surface area is 217 Å². The minimum atomic E-state index is -0.270. The van der Waals surface area contributed by atoms with Crippen LogP contribution >= 0.6 is 0 Å². The molecule has 1 amide bonds. The second-order valence-electron chi connectivity index (χ2n) is 10.7. The van der Waals surface area contributed by atoms with Crippen molar-refractivity contribution in [1.29, 1.82) is 0 Å². The van der Waals surface area contributed by atoms with Gasteiger partial charge in [-0.15, -0.1) is 0 Å². The number of anilines is 1. The number of likely N-dealkylation sites (tertiary alicyclic amines) is 2. The maximum Gasteiger partial charge on any atom is 0.246 e. The third-order valence-corrected chi connectivity index (χ3v) is 8.14. The SMILES string of the molecule is CN1CC2CN(C/C=C/C(=O)N3CCc4c(cn5ncnc(N[C@H](CO)c6ccccc6)c45)C3)CC2C1. The third kappa shape index (κ3) is 4.86. The number of fused-ring (bicyclic) bond motifs is 4. The highest BCUT2D eigenvalue weighted by Crippen LogP contribution is 2.31. The van der Waals surface area contributed by atoms with Gasteiger partial charge >= 0.3 is 0 Å². The van der Waals surface area contributed by atoms with E-state index in [1.54, 1.807) is 6.08 Å². The predicted octanol–water partition coefficient (Wildman–Crippen LogP) is 1.81. The first-order valence-corrected chi connectivity index (χ1v) is 13.2. The normalized spacial score (nSPS) is 23.0. The molecule has 2 aromatic heterocycles. The number of nitrogens with one attached hydrogen (secondary N) is 1. The lowest BCUT2D eigenvalue weighted by molar-refractivity contribution is -0.126. The summed E-state index contributed by atoms with van der Waals surface area (Å²) in [6.45, 7) is 6.67. The molecule has 0 radical (unpaired) electrons. The van der Waals surface area contributed by atoms with Crippen molar-refractivity contribution in [1.82, 2.24) is 29.3 Å². The first-order chi connectivity index (χ1) is 18.1. The summed E-state index contributed by atoms with van der Waals surface area (Å²) in [5.41, 5.74) is 4.16. The van der Waals surface area contributed by atoms with Gasteiger partial charge in [-0.25, -0.2) is 9.50 Å². The van der Waals surface area contributed by atoms with Crippen LogP contribution in [0.4, 0.5) is 5.82 Å². The van der Waals surface area contributed by atoms with Gasteiger partial charge in [0.1, 0.15) is 11.8 Å². The fraction of sp³-hybridized carbons (Fsp3) is 0.464. The molecule has 9 heteroatoms. The summed E-state index contributed by atoms with van der Waals surface area (Å²) >= 11 is 0. The van der Waals surface area contributed by atoms with Crippen LogP contribution in [0.5, 0.6) is 0 Å². The zero-order valence-electron chi connectivity index (χ0n) is 21.3. The van der Waals surface area contributed by atoms with Crippen molar-refractivity contribution in [2.24, 2.45) is 11.8 Å². The van der Waals surface area contributed by atoms with Crippen molar-refractivity contribution in [3.8, 4) is 0 Å². The van der Waals surface area contributed by atoms with E-state index in [0.29, 0.717) is 18.9 Å². The minimum absolute atomic E-state index is 0.0481. The number of carbonyl (C=O) groups excluding carboxylic acids is 1.